The first-order valence-corrected chi connectivity index (χ1v) is 9.31. The van der Waals surface area contributed by atoms with Crippen molar-refractivity contribution in [2.45, 2.75) is 0 Å². The molecule has 1 N–H and O–H groups in total. The summed E-state index contributed by atoms with van der Waals surface area (Å²) in [7, 11) is 0. The molecule has 0 saturated carbocycles. The van der Waals surface area contributed by atoms with Gasteiger partial charge in [0.15, 0.2) is 6.61 Å². The summed E-state index contributed by atoms with van der Waals surface area (Å²) in [5.41, 5.74) is 2.51. The first-order chi connectivity index (χ1) is 13.4. The summed E-state index contributed by atoms with van der Waals surface area (Å²) in [6, 6.07) is 17.0. The molecule has 0 aromatic heterocycles. The van der Waals surface area contributed by atoms with Crippen LogP contribution in [0.2, 0.25) is 15.1 Å². The maximum atomic E-state index is 11.0. The summed E-state index contributed by atoms with van der Waals surface area (Å²) in [5, 5.41) is 10.6. The quantitative estimate of drug-likeness (QED) is 0.422. The first-order valence-electron chi connectivity index (χ1n) is 8.18. The lowest BCUT2D eigenvalue weighted by atomic mass is 10.1. The van der Waals surface area contributed by atoms with Crippen molar-refractivity contribution in [3.63, 3.8) is 0 Å². The number of rotatable bonds is 6. The van der Waals surface area contributed by atoms with E-state index in [4.69, 9.17) is 44.6 Å². The lowest BCUT2D eigenvalue weighted by Crippen LogP contribution is -1.95. The van der Waals surface area contributed by atoms with Crippen molar-refractivity contribution >= 4 is 52.9 Å². The monoisotopic (exact) mass is 431 g/mol. The molecule has 0 saturated heterocycles. The Hall–Kier alpha value is -2.46. The van der Waals surface area contributed by atoms with Crippen LogP contribution in [0.5, 0.6) is 5.75 Å². The third-order valence-corrected chi connectivity index (χ3v) is 4.54. The zero-order valence-electron chi connectivity index (χ0n) is 14.4. The van der Waals surface area contributed by atoms with Crippen LogP contribution in [-0.2, 0) is 0 Å². The standard InChI is InChI=1S/C22H14Cl3O3/c23-18-9-15(10-19(24)11-18)13-28-20-7-6-16(21(25)12-20)5-4-14-2-1-3-17(8-14)22(26)27/h1-13H,(H,26,27). The van der Waals surface area contributed by atoms with Crippen LogP contribution in [0, 0.1) is 6.61 Å². The van der Waals surface area contributed by atoms with Gasteiger partial charge in [0, 0.05) is 10.0 Å². The Balaban J connectivity index is 1.70. The van der Waals surface area contributed by atoms with Crippen LogP contribution >= 0.6 is 34.8 Å². The third kappa shape index (κ3) is 5.52. The van der Waals surface area contributed by atoms with E-state index in [2.05, 4.69) is 0 Å². The fourth-order valence-corrected chi connectivity index (χ4v) is 3.23. The van der Waals surface area contributed by atoms with Crippen LogP contribution < -0.4 is 4.74 Å². The zero-order valence-corrected chi connectivity index (χ0v) is 16.7. The molecule has 0 fully saturated rings. The van der Waals surface area contributed by atoms with Gasteiger partial charge in [-0.2, -0.15) is 0 Å². The van der Waals surface area contributed by atoms with E-state index in [9.17, 15) is 4.79 Å². The second-order valence-corrected chi connectivity index (χ2v) is 7.17. The summed E-state index contributed by atoms with van der Waals surface area (Å²) in [5.74, 6) is -0.404. The number of hydrogen-bond acceptors (Lipinski definition) is 2. The maximum Gasteiger partial charge on any atom is 0.335 e. The lowest BCUT2D eigenvalue weighted by Gasteiger charge is -2.08. The molecule has 0 aliphatic carbocycles. The predicted molar refractivity (Wildman–Crippen MR) is 114 cm³/mol. The van der Waals surface area contributed by atoms with Crippen molar-refractivity contribution in [3.8, 4) is 5.75 Å². The van der Waals surface area contributed by atoms with Gasteiger partial charge in [-0.15, -0.1) is 0 Å². The lowest BCUT2D eigenvalue weighted by molar-refractivity contribution is 0.0697. The Morgan fingerprint density at radius 3 is 2.29 bits per heavy atom. The van der Waals surface area contributed by atoms with Gasteiger partial charge < -0.3 is 9.84 Å². The summed E-state index contributed by atoms with van der Waals surface area (Å²) in [6.45, 7) is 1.54. The second-order valence-electron chi connectivity index (χ2n) is 5.89. The molecule has 0 aliphatic rings. The minimum Gasteiger partial charge on any atom is -0.481 e. The van der Waals surface area contributed by atoms with Gasteiger partial charge in [0.05, 0.1) is 10.6 Å². The third-order valence-electron chi connectivity index (χ3n) is 3.78. The molecular weight excluding hydrogens is 419 g/mol. The van der Waals surface area contributed by atoms with Gasteiger partial charge in [0.1, 0.15) is 5.75 Å². The highest BCUT2D eigenvalue weighted by Gasteiger charge is 2.05. The average molecular weight is 433 g/mol. The highest BCUT2D eigenvalue weighted by Crippen LogP contribution is 2.26. The Bertz CT molecular complexity index is 1020. The Kier molecular flexibility index (Phi) is 6.63. The molecule has 0 heterocycles. The van der Waals surface area contributed by atoms with Crippen LogP contribution in [0.25, 0.3) is 12.2 Å². The highest BCUT2D eigenvalue weighted by molar-refractivity contribution is 6.34. The Labute approximate surface area is 177 Å². The predicted octanol–water partition coefficient (Wildman–Crippen LogP) is 7.10. The Morgan fingerprint density at radius 1 is 0.857 bits per heavy atom. The summed E-state index contributed by atoms with van der Waals surface area (Å²) >= 11 is 18.3. The minimum absolute atomic E-state index is 0.230. The fraction of sp³-hybridized carbons (Fsp3) is 0. The van der Waals surface area contributed by atoms with E-state index in [-0.39, 0.29) is 5.56 Å². The van der Waals surface area contributed by atoms with Crippen molar-refractivity contribution < 1.29 is 14.6 Å². The van der Waals surface area contributed by atoms with Crippen molar-refractivity contribution in [2.75, 3.05) is 0 Å². The van der Waals surface area contributed by atoms with Gasteiger partial charge in [0.25, 0.3) is 0 Å². The van der Waals surface area contributed by atoms with Crippen LogP contribution in [0.15, 0.2) is 60.7 Å². The molecule has 6 heteroatoms. The van der Waals surface area contributed by atoms with E-state index in [1.807, 2.05) is 18.2 Å². The molecule has 0 aliphatic heterocycles. The van der Waals surface area contributed by atoms with Crippen molar-refractivity contribution in [3.05, 3.63) is 105 Å². The molecule has 0 amide bonds. The molecule has 28 heavy (non-hydrogen) atoms. The van der Waals surface area contributed by atoms with E-state index < -0.39 is 5.97 Å². The number of carboxylic acid groups (broad SMARTS) is 1. The highest BCUT2D eigenvalue weighted by atomic mass is 35.5. The van der Waals surface area contributed by atoms with Gasteiger partial charge in [-0.05, 0) is 65.2 Å². The molecule has 0 atom stereocenters. The van der Waals surface area contributed by atoms with Crippen molar-refractivity contribution in [2.24, 2.45) is 0 Å². The summed E-state index contributed by atoms with van der Waals surface area (Å²) in [4.78, 5) is 11.0. The minimum atomic E-state index is -0.966. The molecule has 1 radical (unpaired) electrons. The SMILES string of the molecule is O=C(O)c1cccc(C=Cc2ccc(O[CH]c3cc(Cl)cc(Cl)c3)cc2Cl)c1. The van der Waals surface area contributed by atoms with Gasteiger partial charge in [-0.25, -0.2) is 4.79 Å². The maximum absolute atomic E-state index is 11.0. The van der Waals surface area contributed by atoms with E-state index in [0.29, 0.717) is 20.8 Å². The molecule has 141 valence electrons. The number of halogens is 3. The number of hydrogen-bond donors (Lipinski definition) is 1. The van der Waals surface area contributed by atoms with Crippen LogP contribution in [0.1, 0.15) is 27.0 Å². The number of carboxylic acids is 1. The normalized spacial score (nSPS) is 11.0. The van der Waals surface area contributed by atoms with Crippen molar-refractivity contribution in [1.82, 2.24) is 0 Å². The van der Waals surface area contributed by atoms with Crippen molar-refractivity contribution in [1.29, 1.82) is 0 Å². The van der Waals surface area contributed by atoms with E-state index in [1.165, 1.54) is 6.61 Å². The molecule has 3 nitrogen and oxygen atoms in total. The summed E-state index contributed by atoms with van der Waals surface area (Å²) < 4.78 is 5.63. The molecule has 3 aromatic carbocycles. The average Bonchev–Trinajstić information content (AvgIpc) is 2.65. The molecule has 0 bridgehead atoms. The van der Waals surface area contributed by atoms with Gasteiger partial charge >= 0.3 is 5.97 Å². The number of ether oxygens (including phenoxy) is 1. The number of aromatic carboxylic acids is 1. The largest absolute Gasteiger partial charge is 0.481 e. The number of benzene rings is 3. The number of carbonyl (C=O) groups is 1. The Morgan fingerprint density at radius 2 is 1.61 bits per heavy atom. The van der Waals surface area contributed by atoms with Crippen LogP contribution in [-0.4, -0.2) is 11.1 Å². The topological polar surface area (TPSA) is 46.5 Å². The molecule has 0 unspecified atom stereocenters. The van der Waals surface area contributed by atoms with E-state index in [0.717, 1.165) is 16.7 Å². The van der Waals surface area contributed by atoms with E-state index >= 15 is 0 Å². The van der Waals surface area contributed by atoms with Gasteiger partial charge in [-0.1, -0.05) is 59.1 Å². The van der Waals surface area contributed by atoms with Gasteiger partial charge in [0.2, 0.25) is 0 Å². The second kappa shape index (κ2) is 9.16. The zero-order chi connectivity index (χ0) is 20.1. The first kappa shape index (κ1) is 20.3. The smallest absolute Gasteiger partial charge is 0.335 e. The van der Waals surface area contributed by atoms with E-state index in [1.54, 1.807) is 54.6 Å². The fourth-order valence-electron chi connectivity index (χ4n) is 2.46. The van der Waals surface area contributed by atoms with Gasteiger partial charge in [-0.3, -0.25) is 0 Å². The molecule has 3 rings (SSSR count). The molecule has 3 aromatic rings. The molecule has 0 spiro atoms. The van der Waals surface area contributed by atoms with Crippen LogP contribution in [0.4, 0.5) is 0 Å². The summed E-state index contributed by atoms with van der Waals surface area (Å²) in [6.07, 6.45) is 3.61. The molecular formula is C22H14Cl3O3. The van der Waals surface area contributed by atoms with Crippen LogP contribution in [0.3, 0.4) is 0 Å².